The molecule has 0 unspecified atom stereocenters. The Kier molecular flexibility index (Phi) is 4.08. The number of aryl methyl sites for hydroxylation is 2. The highest BCUT2D eigenvalue weighted by Gasteiger charge is 2.37. The van der Waals surface area contributed by atoms with E-state index >= 15 is 0 Å². The first-order valence-electron chi connectivity index (χ1n) is 7.49. The standard InChI is InChI=1S/C16H20N4O2S/c1-11-6-4-5-7-13(11)19-16-10-14(17-12(2)18-16)15-8-9-20(15)23(3,21)22/h4-7,10,15H,8-9H2,1-3H3,(H,17,18,19)/t15-/m0/s1. The van der Waals surface area contributed by atoms with Crippen LogP contribution in [0.2, 0.25) is 0 Å². The van der Waals surface area contributed by atoms with E-state index in [0.29, 0.717) is 18.2 Å². The molecule has 7 heteroatoms. The second-order valence-electron chi connectivity index (χ2n) is 5.84. The van der Waals surface area contributed by atoms with Crippen LogP contribution in [-0.2, 0) is 10.0 Å². The maximum Gasteiger partial charge on any atom is 0.211 e. The molecule has 3 rings (SSSR count). The molecule has 0 aliphatic carbocycles. The van der Waals surface area contributed by atoms with Gasteiger partial charge in [-0.1, -0.05) is 18.2 Å². The molecule has 0 spiro atoms. The molecule has 1 aromatic carbocycles. The largest absolute Gasteiger partial charge is 0.340 e. The molecule has 0 amide bonds. The van der Waals surface area contributed by atoms with Crippen LogP contribution >= 0.6 is 0 Å². The Morgan fingerprint density at radius 2 is 1.96 bits per heavy atom. The van der Waals surface area contributed by atoms with Gasteiger partial charge in [-0.15, -0.1) is 0 Å². The lowest BCUT2D eigenvalue weighted by Gasteiger charge is -2.38. The average Bonchev–Trinajstić information content (AvgIpc) is 2.37. The molecule has 0 saturated carbocycles. The van der Waals surface area contributed by atoms with E-state index in [1.165, 1.54) is 10.6 Å². The lowest BCUT2D eigenvalue weighted by molar-refractivity contribution is 0.199. The van der Waals surface area contributed by atoms with E-state index in [2.05, 4.69) is 15.3 Å². The van der Waals surface area contributed by atoms with E-state index in [1.54, 1.807) is 0 Å². The van der Waals surface area contributed by atoms with Gasteiger partial charge >= 0.3 is 0 Å². The molecule has 1 aliphatic heterocycles. The predicted octanol–water partition coefficient (Wildman–Crippen LogP) is 2.54. The quantitative estimate of drug-likeness (QED) is 0.931. The van der Waals surface area contributed by atoms with Gasteiger partial charge in [0.1, 0.15) is 11.6 Å². The van der Waals surface area contributed by atoms with Gasteiger partial charge in [0.15, 0.2) is 0 Å². The Morgan fingerprint density at radius 1 is 1.22 bits per heavy atom. The Morgan fingerprint density at radius 3 is 2.57 bits per heavy atom. The summed E-state index contributed by atoms with van der Waals surface area (Å²) in [5, 5.41) is 3.29. The highest BCUT2D eigenvalue weighted by atomic mass is 32.2. The van der Waals surface area contributed by atoms with Gasteiger partial charge in [-0.3, -0.25) is 0 Å². The first kappa shape index (κ1) is 15.9. The van der Waals surface area contributed by atoms with Crippen LogP contribution in [0, 0.1) is 13.8 Å². The van der Waals surface area contributed by atoms with Gasteiger partial charge in [0, 0.05) is 18.3 Å². The molecule has 1 fully saturated rings. The number of nitrogens with zero attached hydrogens (tertiary/aromatic N) is 3. The van der Waals surface area contributed by atoms with Crippen LogP contribution in [0.4, 0.5) is 11.5 Å². The van der Waals surface area contributed by atoms with Gasteiger partial charge in [0.25, 0.3) is 0 Å². The van der Waals surface area contributed by atoms with Gasteiger partial charge < -0.3 is 5.32 Å². The number of aromatic nitrogens is 2. The highest BCUT2D eigenvalue weighted by Crippen LogP contribution is 2.35. The summed E-state index contributed by atoms with van der Waals surface area (Å²) < 4.78 is 25.0. The minimum Gasteiger partial charge on any atom is -0.340 e. The van der Waals surface area contributed by atoms with E-state index in [-0.39, 0.29) is 6.04 Å². The molecular weight excluding hydrogens is 312 g/mol. The molecule has 1 atom stereocenters. The fraction of sp³-hybridized carbons (Fsp3) is 0.375. The predicted molar refractivity (Wildman–Crippen MR) is 90.1 cm³/mol. The van der Waals surface area contributed by atoms with Crippen molar-refractivity contribution in [3.05, 3.63) is 47.4 Å². The lowest BCUT2D eigenvalue weighted by Crippen LogP contribution is -2.44. The third-order valence-corrected chi connectivity index (χ3v) is 5.29. The summed E-state index contributed by atoms with van der Waals surface area (Å²) in [6.45, 7) is 4.39. The van der Waals surface area contributed by atoms with E-state index in [1.807, 2.05) is 44.2 Å². The van der Waals surface area contributed by atoms with Gasteiger partial charge in [-0.25, -0.2) is 18.4 Å². The molecule has 23 heavy (non-hydrogen) atoms. The maximum absolute atomic E-state index is 11.8. The Hall–Kier alpha value is -1.99. The molecule has 0 bridgehead atoms. The Bertz CT molecular complexity index is 836. The molecule has 122 valence electrons. The van der Waals surface area contributed by atoms with Crippen LogP contribution in [0.25, 0.3) is 0 Å². The van der Waals surface area contributed by atoms with E-state index in [4.69, 9.17) is 0 Å². The molecule has 0 radical (unpaired) electrons. The van der Waals surface area contributed by atoms with Gasteiger partial charge in [-0.05, 0) is 31.9 Å². The molecule has 2 aromatic rings. The molecule has 1 aromatic heterocycles. The summed E-state index contributed by atoms with van der Waals surface area (Å²) in [6.07, 6.45) is 2.02. The molecule has 1 aliphatic rings. The molecule has 2 heterocycles. The van der Waals surface area contributed by atoms with Gasteiger partial charge in [0.2, 0.25) is 10.0 Å². The van der Waals surface area contributed by atoms with Crippen molar-refractivity contribution in [3.8, 4) is 0 Å². The zero-order chi connectivity index (χ0) is 16.6. The molecule has 1 saturated heterocycles. The number of para-hydroxylation sites is 1. The molecule has 6 nitrogen and oxygen atoms in total. The van der Waals surface area contributed by atoms with Crippen LogP contribution in [-0.4, -0.2) is 35.5 Å². The fourth-order valence-electron chi connectivity index (χ4n) is 2.73. The van der Waals surface area contributed by atoms with Crippen molar-refractivity contribution in [2.75, 3.05) is 18.1 Å². The average molecular weight is 332 g/mol. The summed E-state index contributed by atoms with van der Waals surface area (Å²) in [6, 6.07) is 9.59. The topological polar surface area (TPSA) is 75.2 Å². The number of anilines is 2. The first-order valence-corrected chi connectivity index (χ1v) is 9.34. The van der Waals surface area contributed by atoms with Gasteiger partial charge in [0.05, 0.1) is 18.0 Å². The second-order valence-corrected chi connectivity index (χ2v) is 7.78. The van der Waals surface area contributed by atoms with Crippen LogP contribution < -0.4 is 5.32 Å². The summed E-state index contributed by atoms with van der Waals surface area (Å²) >= 11 is 0. The number of rotatable bonds is 4. The van der Waals surface area contributed by atoms with Gasteiger partial charge in [-0.2, -0.15) is 4.31 Å². The Labute approximate surface area is 136 Å². The van der Waals surface area contributed by atoms with Crippen molar-refractivity contribution < 1.29 is 8.42 Å². The van der Waals surface area contributed by atoms with Crippen molar-refractivity contribution in [1.29, 1.82) is 0 Å². The summed E-state index contributed by atoms with van der Waals surface area (Å²) in [4.78, 5) is 8.83. The number of sulfonamides is 1. The SMILES string of the molecule is Cc1nc(Nc2ccccc2C)cc([C@@H]2CCN2S(C)(=O)=O)n1. The smallest absolute Gasteiger partial charge is 0.211 e. The van der Waals surface area contributed by atoms with Crippen molar-refractivity contribution in [1.82, 2.24) is 14.3 Å². The fourth-order valence-corrected chi connectivity index (χ4v) is 3.85. The van der Waals surface area contributed by atoms with E-state index < -0.39 is 10.0 Å². The summed E-state index contributed by atoms with van der Waals surface area (Å²) in [5.74, 6) is 1.31. The minimum absolute atomic E-state index is 0.191. The summed E-state index contributed by atoms with van der Waals surface area (Å²) in [7, 11) is -3.20. The van der Waals surface area contributed by atoms with Crippen LogP contribution in [0.3, 0.4) is 0 Å². The van der Waals surface area contributed by atoms with E-state index in [9.17, 15) is 8.42 Å². The monoisotopic (exact) mass is 332 g/mol. The zero-order valence-corrected chi connectivity index (χ0v) is 14.3. The lowest BCUT2D eigenvalue weighted by atomic mass is 10.0. The van der Waals surface area contributed by atoms with Crippen molar-refractivity contribution in [3.63, 3.8) is 0 Å². The Balaban J connectivity index is 1.90. The van der Waals surface area contributed by atoms with Crippen molar-refractivity contribution in [2.24, 2.45) is 0 Å². The normalized spacial score (nSPS) is 18.5. The molecular formula is C16H20N4O2S. The number of nitrogens with one attached hydrogen (secondary N) is 1. The highest BCUT2D eigenvalue weighted by molar-refractivity contribution is 7.88. The van der Waals surface area contributed by atoms with E-state index in [0.717, 1.165) is 23.4 Å². The van der Waals surface area contributed by atoms with Crippen LogP contribution in [0.5, 0.6) is 0 Å². The third kappa shape index (κ3) is 3.35. The number of hydrogen-bond acceptors (Lipinski definition) is 5. The number of hydrogen-bond donors (Lipinski definition) is 1. The third-order valence-electron chi connectivity index (χ3n) is 4.00. The summed E-state index contributed by atoms with van der Waals surface area (Å²) in [5.41, 5.74) is 2.84. The molecule has 1 N–H and O–H groups in total. The minimum atomic E-state index is -3.20. The van der Waals surface area contributed by atoms with Crippen molar-refractivity contribution >= 4 is 21.5 Å². The van der Waals surface area contributed by atoms with Crippen molar-refractivity contribution in [2.45, 2.75) is 26.3 Å². The van der Waals surface area contributed by atoms with Crippen LogP contribution in [0.1, 0.15) is 29.5 Å². The van der Waals surface area contributed by atoms with Crippen LogP contribution in [0.15, 0.2) is 30.3 Å². The zero-order valence-electron chi connectivity index (χ0n) is 13.4. The first-order chi connectivity index (χ1) is 10.8. The maximum atomic E-state index is 11.8. The number of benzene rings is 1. The second kappa shape index (κ2) is 5.90.